The lowest BCUT2D eigenvalue weighted by Crippen LogP contribution is -2.05. The minimum absolute atomic E-state index is 0.268. The molecule has 0 aliphatic carbocycles. The summed E-state index contributed by atoms with van der Waals surface area (Å²) in [5.74, 6) is 0. The molecule has 0 saturated carbocycles. The smallest absolute Gasteiger partial charge is 0.139 e. The second-order valence-electron chi connectivity index (χ2n) is 3.92. The third-order valence-electron chi connectivity index (χ3n) is 2.53. The van der Waals surface area contributed by atoms with Crippen molar-refractivity contribution in [1.29, 1.82) is 0 Å². The van der Waals surface area contributed by atoms with Crippen LogP contribution in [-0.2, 0) is 4.79 Å². The lowest BCUT2D eigenvalue weighted by molar-refractivity contribution is -0.106. The number of nitrogens with two attached hydrogens (primary N) is 1. The first-order chi connectivity index (χ1) is 8.72. The molecule has 0 aliphatic rings. The molecule has 0 atom stereocenters. The third kappa shape index (κ3) is 3.77. The minimum Gasteiger partial charge on any atom is -0.397 e. The Kier molecular flexibility index (Phi) is 5.71. The fraction of sp³-hybridized carbons (Fsp3) is 0.267. The molecule has 1 aromatic carbocycles. The van der Waals surface area contributed by atoms with Crippen LogP contribution in [0.5, 0.6) is 0 Å². The number of nitrogens with one attached hydrogen (secondary N) is 1. The van der Waals surface area contributed by atoms with Crippen LogP contribution in [0.3, 0.4) is 0 Å². The molecule has 1 aromatic rings. The van der Waals surface area contributed by atoms with Gasteiger partial charge in [0.15, 0.2) is 0 Å². The summed E-state index contributed by atoms with van der Waals surface area (Å²) in [7, 11) is 0. The maximum absolute atomic E-state index is 10.4. The number of allylic oxidation sites excluding steroid dienone is 4. The average molecular weight is 244 g/mol. The first kappa shape index (κ1) is 14.0. The van der Waals surface area contributed by atoms with Crippen molar-refractivity contribution in [3.63, 3.8) is 0 Å². The molecule has 0 aliphatic heterocycles. The zero-order chi connectivity index (χ0) is 13.4. The molecule has 0 aromatic heterocycles. The van der Waals surface area contributed by atoms with Crippen molar-refractivity contribution in [2.45, 2.75) is 20.3 Å². The van der Waals surface area contributed by atoms with Crippen LogP contribution in [0.1, 0.15) is 25.8 Å². The van der Waals surface area contributed by atoms with Gasteiger partial charge in [0, 0.05) is 0 Å². The van der Waals surface area contributed by atoms with Crippen LogP contribution in [0.2, 0.25) is 0 Å². The van der Waals surface area contributed by atoms with E-state index in [4.69, 9.17) is 5.73 Å². The maximum Gasteiger partial charge on any atom is 0.139 e. The van der Waals surface area contributed by atoms with Crippen molar-refractivity contribution in [3.05, 3.63) is 42.0 Å². The van der Waals surface area contributed by atoms with Gasteiger partial charge in [0.1, 0.15) is 6.29 Å². The van der Waals surface area contributed by atoms with Crippen LogP contribution in [0, 0.1) is 0 Å². The number of nitrogen functional groups attached to an aromatic ring is 1. The van der Waals surface area contributed by atoms with Crippen molar-refractivity contribution >= 4 is 23.2 Å². The van der Waals surface area contributed by atoms with E-state index in [1.165, 1.54) is 0 Å². The Labute approximate surface area is 108 Å². The number of carbonyl (C=O) groups excluding carboxylic acids is 1. The van der Waals surface area contributed by atoms with E-state index >= 15 is 0 Å². The Morgan fingerprint density at radius 3 is 2.83 bits per heavy atom. The third-order valence-corrected chi connectivity index (χ3v) is 2.53. The lowest BCUT2D eigenvalue weighted by atomic mass is 10.0. The van der Waals surface area contributed by atoms with E-state index in [0.717, 1.165) is 29.5 Å². The highest BCUT2D eigenvalue weighted by molar-refractivity contribution is 5.80. The molecule has 0 fully saturated rings. The van der Waals surface area contributed by atoms with Gasteiger partial charge in [-0.05, 0) is 36.6 Å². The van der Waals surface area contributed by atoms with Gasteiger partial charge in [-0.1, -0.05) is 31.2 Å². The lowest BCUT2D eigenvalue weighted by Gasteiger charge is -2.10. The van der Waals surface area contributed by atoms with Crippen LogP contribution in [0.25, 0.3) is 5.57 Å². The second kappa shape index (κ2) is 7.33. The molecule has 0 bridgehead atoms. The molecule has 0 unspecified atom stereocenters. The molecular weight excluding hydrogens is 224 g/mol. The summed E-state index contributed by atoms with van der Waals surface area (Å²) in [6.07, 6.45) is 8.03. The van der Waals surface area contributed by atoms with Crippen molar-refractivity contribution in [1.82, 2.24) is 0 Å². The van der Waals surface area contributed by atoms with E-state index < -0.39 is 0 Å². The number of carbonyl (C=O) groups is 1. The van der Waals surface area contributed by atoms with Crippen LogP contribution >= 0.6 is 0 Å². The summed E-state index contributed by atoms with van der Waals surface area (Å²) >= 11 is 0. The van der Waals surface area contributed by atoms with Crippen molar-refractivity contribution < 1.29 is 4.79 Å². The van der Waals surface area contributed by atoms with Crippen LogP contribution in [0.15, 0.2) is 36.4 Å². The largest absolute Gasteiger partial charge is 0.397 e. The van der Waals surface area contributed by atoms with E-state index in [0.29, 0.717) is 5.69 Å². The molecular formula is C15H20N2O. The van der Waals surface area contributed by atoms with E-state index in [1.807, 2.05) is 31.2 Å². The Morgan fingerprint density at radius 1 is 1.44 bits per heavy atom. The highest BCUT2D eigenvalue weighted by atomic mass is 16.1. The summed E-state index contributed by atoms with van der Waals surface area (Å²) < 4.78 is 0. The zero-order valence-corrected chi connectivity index (χ0v) is 10.9. The van der Waals surface area contributed by atoms with Gasteiger partial charge in [-0.3, -0.25) is 0 Å². The van der Waals surface area contributed by atoms with Gasteiger partial charge in [-0.15, -0.1) is 0 Å². The number of benzene rings is 1. The number of aldehydes is 1. The molecule has 0 radical (unpaired) electrons. The summed E-state index contributed by atoms with van der Waals surface area (Å²) in [5, 5.41) is 3.00. The van der Waals surface area contributed by atoms with Gasteiger partial charge in [0.2, 0.25) is 0 Å². The van der Waals surface area contributed by atoms with Crippen LogP contribution < -0.4 is 11.1 Å². The van der Waals surface area contributed by atoms with E-state index in [-0.39, 0.29) is 6.54 Å². The van der Waals surface area contributed by atoms with Crippen molar-refractivity contribution in [2.24, 2.45) is 0 Å². The molecule has 3 N–H and O–H groups in total. The first-order valence-electron chi connectivity index (χ1n) is 6.13. The second-order valence-corrected chi connectivity index (χ2v) is 3.92. The molecule has 0 heterocycles. The number of anilines is 2. The monoisotopic (exact) mass is 244 g/mol. The highest BCUT2D eigenvalue weighted by Crippen LogP contribution is 2.25. The van der Waals surface area contributed by atoms with Crippen LogP contribution in [-0.4, -0.2) is 12.8 Å². The fourth-order valence-electron chi connectivity index (χ4n) is 1.72. The summed E-state index contributed by atoms with van der Waals surface area (Å²) in [6, 6.07) is 5.82. The Bertz CT molecular complexity index is 462. The first-order valence-corrected chi connectivity index (χ1v) is 6.13. The quantitative estimate of drug-likeness (QED) is 0.459. The van der Waals surface area contributed by atoms with E-state index in [9.17, 15) is 4.79 Å². The number of rotatable bonds is 6. The Hall–Kier alpha value is -2.03. The van der Waals surface area contributed by atoms with Crippen molar-refractivity contribution in [3.8, 4) is 0 Å². The molecule has 18 heavy (non-hydrogen) atoms. The van der Waals surface area contributed by atoms with Gasteiger partial charge in [0.25, 0.3) is 0 Å². The van der Waals surface area contributed by atoms with E-state index in [1.54, 1.807) is 0 Å². The Balaban J connectivity index is 3.08. The Morgan fingerprint density at radius 2 is 2.22 bits per heavy atom. The van der Waals surface area contributed by atoms with Gasteiger partial charge < -0.3 is 15.8 Å². The molecule has 0 saturated heterocycles. The maximum atomic E-state index is 10.4. The number of hydrogen-bond donors (Lipinski definition) is 2. The standard InChI is InChI=1S/C15H20N2O/c1-3-5-12(6-4-2)13-7-8-14(16)15(11-13)17-9-10-18/h3,5-8,10-11,17H,4,9,16H2,1-2H3/b5-3-,12-6+. The topological polar surface area (TPSA) is 55.1 Å². The molecule has 3 heteroatoms. The predicted octanol–water partition coefficient (Wildman–Crippen LogP) is 3.25. The van der Waals surface area contributed by atoms with Gasteiger partial charge in [-0.2, -0.15) is 0 Å². The van der Waals surface area contributed by atoms with Crippen molar-refractivity contribution in [2.75, 3.05) is 17.6 Å². The SMILES string of the molecule is C/C=C\C(=C/CC)c1ccc(N)c(NCC=O)c1. The van der Waals surface area contributed by atoms with Gasteiger partial charge in [0.05, 0.1) is 17.9 Å². The number of hydrogen-bond acceptors (Lipinski definition) is 3. The van der Waals surface area contributed by atoms with Gasteiger partial charge in [-0.25, -0.2) is 0 Å². The van der Waals surface area contributed by atoms with Gasteiger partial charge >= 0.3 is 0 Å². The highest BCUT2D eigenvalue weighted by Gasteiger charge is 2.03. The summed E-state index contributed by atoms with van der Waals surface area (Å²) in [6.45, 7) is 4.36. The molecule has 0 amide bonds. The summed E-state index contributed by atoms with van der Waals surface area (Å²) in [5.41, 5.74) is 9.57. The normalized spacial score (nSPS) is 11.8. The van der Waals surface area contributed by atoms with Crippen LogP contribution in [0.4, 0.5) is 11.4 Å². The minimum atomic E-state index is 0.268. The fourth-order valence-corrected chi connectivity index (χ4v) is 1.72. The molecule has 3 nitrogen and oxygen atoms in total. The van der Waals surface area contributed by atoms with E-state index in [2.05, 4.69) is 24.4 Å². The zero-order valence-electron chi connectivity index (χ0n) is 10.9. The molecule has 96 valence electrons. The molecule has 1 rings (SSSR count). The summed E-state index contributed by atoms with van der Waals surface area (Å²) in [4.78, 5) is 10.4. The molecule has 0 spiro atoms. The predicted molar refractivity (Wildman–Crippen MR) is 78.5 cm³/mol. The average Bonchev–Trinajstić information content (AvgIpc) is 2.38.